The molecule has 0 fully saturated rings. The molecule has 1 heteroatoms. The molecule has 10 aromatic carbocycles. The SMILES string of the molecule is c1cc(-c2c3ccccc3c(-c3c4ccccc4cc4c3oc3ccccc34)c3ccccc23)cc(-c2cc3ccccc3c3ccccc23)c1. The fraction of sp³-hybridized carbons (Fsp3) is 0. The molecule has 11 aromatic rings. The van der Waals surface area contributed by atoms with Crippen LogP contribution in [0.1, 0.15) is 0 Å². The van der Waals surface area contributed by atoms with Crippen LogP contribution in [0.3, 0.4) is 0 Å². The van der Waals surface area contributed by atoms with Crippen LogP contribution < -0.4 is 0 Å². The molecular formula is C50H30O. The second-order valence-electron chi connectivity index (χ2n) is 13.6. The van der Waals surface area contributed by atoms with Crippen LogP contribution >= 0.6 is 0 Å². The smallest absolute Gasteiger partial charge is 0.143 e. The van der Waals surface area contributed by atoms with Crippen LogP contribution in [0.25, 0.3) is 109 Å². The maximum absolute atomic E-state index is 6.79. The first-order valence-corrected chi connectivity index (χ1v) is 17.6. The highest BCUT2D eigenvalue weighted by Crippen LogP contribution is 2.49. The minimum atomic E-state index is 0.910. The molecule has 0 radical (unpaired) electrons. The predicted molar refractivity (Wildman–Crippen MR) is 218 cm³/mol. The molecule has 0 spiro atoms. The van der Waals surface area contributed by atoms with Gasteiger partial charge in [-0.25, -0.2) is 0 Å². The molecule has 0 saturated carbocycles. The van der Waals surface area contributed by atoms with Crippen LogP contribution in [0.15, 0.2) is 186 Å². The maximum atomic E-state index is 6.79. The Bertz CT molecular complexity index is 3140. The van der Waals surface area contributed by atoms with Crippen molar-refractivity contribution in [2.75, 3.05) is 0 Å². The molecule has 0 aliphatic rings. The quantitative estimate of drug-likeness (QED) is 0.138. The van der Waals surface area contributed by atoms with E-state index in [1.165, 1.54) is 81.7 Å². The molecule has 236 valence electrons. The van der Waals surface area contributed by atoms with E-state index in [-0.39, 0.29) is 0 Å². The van der Waals surface area contributed by atoms with Gasteiger partial charge < -0.3 is 4.42 Å². The Morgan fingerprint density at radius 1 is 0.275 bits per heavy atom. The minimum absolute atomic E-state index is 0.910. The lowest BCUT2D eigenvalue weighted by atomic mass is 9.83. The zero-order valence-electron chi connectivity index (χ0n) is 27.7. The first-order chi connectivity index (χ1) is 25.3. The summed E-state index contributed by atoms with van der Waals surface area (Å²) in [5.74, 6) is 0. The number of para-hydroxylation sites is 1. The molecule has 51 heavy (non-hydrogen) atoms. The lowest BCUT2D eigenvalue weighted by Gasteiger charge is -2.19. The van der Waals surface area contributed by atoms with E-state index in [4.69, 9.17) is 4.42 Å². The number of hydrogen-bond acceptors (Lipinski definition) is 1. The Balaban J connectivity index is 1.24. The van der Waals surface area contributed by atoms with Crippen LogP contribution in [0.4, 0.5) is 0 Å². The van der Waals surface area contributed by atoms with Gasteiger partial charge in [-0.15, -0.1) is 0 Å². The Morgan fingerprint density at radius 2 is 0.784 bits per heavy atom. The molecule has 0 amide bonds. The van der Waals surface area contributed by atoms with Gasteiger partial charge in [-0.3, -0.25) is 0 Å². The minimum Gasteiger partial charge on any atom is -0.455 e. The van der Waals surface area contributed by atoms with Gasteiger partial charge in [0.05, 0.1) is 0 Å². The fourth-order valence-corrected chi connectivity index (χ4v) is 8.62. The molecule has 0 atom stereocenters. The van der Waals surface area contributed by atoms with E-state index in [0.717, 1.165) is 27.5 Å². The van der Waals surface area contributed by atoms with E-state index >= 15 is 0 Å². The largest absolute Gasteiger partial charge is 0.455 e. The molecule has 1 nitrogen and oxygen atoms in total. The van der Waals surface area contributed by atoms with Crippen LogP contribution in [-0.4, -0.2) is 0 Å². The number of hydrogen-bond donors (Lipinski definition) is 0. The van der Waals surface area contributed by atoms with Gasteiger partial charge in [0.2, 0.25) is 0 Å². The van der Waals surface area contributed by atoms with Crippen LogP contribution in [-0.2, 0) is 0 Å². The highest BCUT2D eigenvalue weighted by molar-refractivity contribution is 6.28. The summed E-state index contributed by atoms with van der Waals surface area (Å²) in [5, 5.41) is 14.7. The van der Waals surface area contributed by atoms with Crippen LogP contribution in [0, 0.1) is 0 Å². The van der Waals surface area contributed by atoms with E-state index in [1.54, 1.807) is 0 Å². The summed E-state index contributed by atoms with van der Waals surface area (Å²) in [6.07, 6.45) is 0. The highest BCUT2D eigenvalue weighted by Gasteiger charge is 2.23. The summed E-state index contributed by atoms with van der Waals surface area (Å²) in [7, 11) is 0. The number of benzene rings is 10. The van der Waals surface area contributed by atoms with Gasteiger partial charge in [0.25, 0.3) is 0 Å². The number of rotatable bonds is 3. The summed E-state index contributed by atoms with van der Waals surface area (Å²) in [6, 6.07) is 66.3. The van der Waals surface area contributed by atoms with Crippen molar-refractivity contribution in [3.05, 3.63) is 182 Å². The Hall–Kier alpha value is -6.70. The van der Waals surface area contributed by atoms with Crippen molar-refractivity contribution >= 4 is 75.8 Å². The normalized spacial score (nSPS) is 11.9. The summed E-state index contributed by atoms with van der Waals surface area (Å²) < 4.78 is 6.79. The van der Waals surface area contributed by atoms with Crippen molar-refractivity contribution in [3.63, 3.8) is 0 Å². The third kappa shape index (κ3) is 4.16. The Morgan fingerprint density at radius 3 is 1.49 bits per heavy atom. The molecule has 11 rings (SSSR count). The standard InChI is InChI=1S/C50H30O/c1-3-18-35-32(14-1)29-44(38-21-6-5-20-37(35)38)31-16-13-17-34(28-31)47-40-23-7-9-25-42(40)48(43-26-10-8-24-41(43)47)49-36-19-4-2-15-33(36)30-45-39-22-11-12-27-46(39)51-50(45)49/h1-30H. The molecular weight excluding hydrogens is 617 g/mol. The van der Waals surface area contributed by atoms with E-state index in [0.29, 0.717) is 0 Å². The topological polar surface area (TPSA) is 13.1 Å². The Kier molecular flexibility index (Phi) is 6.02. The number of fused-ring (bicyclic) bond motifs is 9. The second kappa shape index (κ2) is 10.9. The summed E-state index contributed by atoms with van der Waals surface area (Å²) in [5.41, 5.74) is 9.12. The summed E-state index contributed by atoms with van der Waals surface area (Å²) in [4.78, 5) is 0. The van der Waals surface area contributed by atoms with Crippen molar-refractivity contribution in [3.8, 4) is 33.4 Å². The molecule has 0 bridgehead atoms. The average Bonchev–Trinajstić information content (AvgIpc) is 3.57. The maximum Gasteiger partial charge on any atom is 0.143 e. The Labute approximate surface area is 294 Å². The van der Waals surface area contributed by atoms with Crippen LogP contribution in [0.2, 0.25) is 0 Å². The third-order valence-corrected chi connectivity index (χ3v) is 10.8. The second-order valence-corrected chi connectivity index (χ2v) is 13.6. The molecule has 1 aromatic heterocycles. The third-order valence-electron chi connectivity index (χ3n) is 10.8. The monoisotopic (exact) mass is 646 g/mol. The van der Waals surface area contributed by atoms with Crippen molar-refractivity contribution in [2.45, 2.75) is 0 Å². The zero-order chi connectivity index (χ0) is 33.5. The first-order valence-electron chi connectivity index (χ1n) is 17.6. The lowest BCUT2D eigenvalue weighted by molar-refractivity contribution is 0.670. The molecule has 0 aliphatic heterocycles. The highest BCUT2D eigenvalue weighted by atomic mass is 16.3. The summed E-state index contributed by atoms with van der Waals surface area (Å²) >= 11 is 0. The van der Waals surface area contributed by atoms with Crippen molar-refractivity contribution in [1.29, 1.82) is 0 Å². The van der Waals surface area contributed by atoms with Crippen molar-refractivity contribution in [1.82, 2.24) is 0 Å². The van der Waals surface area contributed by atoms with Crippen LogP contribution in [0.5, 0.6) is 0 Å². The van der Waals surface area contributed by atoms with E-state index in [1.807, 2.05) is 0 Å². The van der Waals surface area contributed by atoms with Gasteiger partial charge in [-0.05, 0) is 100 Å². The summed E-state index contributed by atoms with van der Waals surface area (Å²) in [6.45, 7) is 0. The van der Waals surface area contributed by atoms with Gasteiger partial charge in [-0.2, -0.15) is 0 Å². The van der Waals surface area contributed by atoms with Crippen molar-refractivity contribution < 1.29 is 4.42 Å². The fourth-order valence-electron chi connectivity index (χ4n) is 8.62. The molecule has 0 saturated heterocycles. The molecule has 1 heterocycles. The predicted octanol–water partition coefficient (Wildman–Crippen LogP) is 14.4. The lowest BCUT2D eigenvalue weighted by Crippen LogP contribution is -1.92. The van der Waals surface area contributed by atoms with E-state index < -0.39 is 0 Å². The molecule has 0 aliphatic carbocycles. The van der Waals surface area contributed by atoms with E-state index in [2.05, 4.69) is 182 Å². The molecule has 0 unspecified atom stereocenters. The van der Waals surface area contributed by atoms with Crippen molar-refractivity contribution in [2.24, 2.45) is 0 Å². The van der Waals surface area contributed by atoms with Gasteiger partial charge in [0.15, 0.2) is 0 Å². The van der Waals surface area contributed by atoms with Gasteiger partial charge >= 0.3 is 0 Å². The molecule has 0 N–H and O–H groups in total. The first kappa shape index (κ1) is 28.2. The van der Waals surface area contributed by atoms with Gasteiger partial charge in [-0.1, -0.05) is 158 Å². The zero-order valence-corrected chi connectivity index (χ0v) is 27.7. The van der Waals surface area contributed by atoms with E-state index in [9.17, 15) is 0 Å². The van der Waals surface area contributed by atoms with Gasteiger partial charge in [0, 0.05) is 21.9 Å². The number of furan rings is 1. The average molecular weight is 647 g/mol. The van der Waals surface area contributed by atoms with Gasteiger partial charge in [0.1, 0.15) is 11.2 Å².